The largest absolute Gasteiger partial charge is 0.340 e. The monoisotopic (exact) mass is 178 g/mol. The molecule has 13 heavy (non-hydrogen) atoms. The van der Waals surface area contributed by atoms with Gasteiger partial charge in [0.2, 0.25) is 5.95 Å². The van der Waals surface area contributed by atoms with Crippen molar-refractivity contribution in [1.29, 1.82) is 0 Å². The molecule has 4 nitrogen and oxygen atoms in total. The molecule has 2 heterocycles. The Morgan fingerprint density at radius 3 is 2.85 bits per heavy atom. The van der Waals surface area contributed by atoms with Crippen LogP contribution in [0.5, 0.6) is 0 Å². The molecule has 0 saturated carbocycles. The van der Waals surface area contributed by atoms with E-state index in [0.717, 1.165) is 32.0 Å². The molecule has 2 N–H and O–H groups in total. The second-order valence-corrected chi connectivity index (χ2v) is 3.39. The van der Waals surface area contributed by atoms with Crippen molar-refractivity contribution in [1.82, 2.24) is 9.97 Å². The molecule has 0 spiro atoms. The zero-order chi connectivity index (χ0) is 9.10. The predicted molar refractivity (Wildman–Crippen MR) is 51.4 cm³/mol. The molecule has 0 amide bonds. The normalized spacial score (nSPS) is 22.2. The molecule has 0 unspecified atom stereocenters. The van der Waals surface area contributed by atoms with Crippen LogP contribution in [0.4, 0.5) is 5.95 Å². The SMILES string of the molecule is NC[C@H]1CCN(c2ncccn2)C1. The van der Waals surface area contributed by atoms with Gasteiger partial charge in [-0.05, 0) is 24.9 Å². The average molecular weight is 178 g/mol. The summed E-state index contributed by atoms with van der Waals surface area (Å²) in [4.78, 5) is 10.6. The summed E-state index contributed by atoms with van der Waals surface area (Å²) in [6.45, 7) is 2.80. The summed E-state index contributed by atoms with van der Waals surface area (Å²) in [5.41, 5.74) is 5.61. The first-order chi connectivity index (χ1) is 6.40. The van der Waals surface area contributed by atoms with Crippen LogP contribution in [0.3, 0.4) is 0 Å². The van der Waals surface area contributed by atoms with Gasteiger partial charge in [-0.3, -0.25) is 0 Å². The topological polar surface area (TPSA) is 55.0 Å². The summed E-state index contributed by atoms with van der Waals surface area (Å²) >= 11 is 0. The van der Waals surface area contributed by atoms with Crippen LogP contribution in [0.1, 0.15) is 6.42 Å². The lowest BCUT2D eigenvalue weighted by molar-refractivity contribution is 0.602. The molecule has 1 saturated heterocycles. The number of nitrogens with zero attached hydrogens (tertiary/aromatic N) is 3. The third kappa shape index (κ3) is 1.78. The standard InChI is InChI=1S/C9H14N4/c10-6-8-2-5-13(7-8)9-11-3-1-4-12-9/h1,3-4,8H,2,5-7,10H2/t8-/m1/s1. The zero-order valence-corrected chi connectivity index (χ0v) is 7.56. The van der Waals surface area contributed by atoms with Gasteiger partial charge in [0, 0.05) is 25.5 Å². The Kier molecular flexibility index (Phi) is 2.40. The first kappa shape index (κ1) is 8.44. The van der Waals surface area contributed by atoms with Crippen LogP contribution in [0, 0.1) is 5.92 Å². The second-order valence-electron chi connectivity index (χ2n) is 3.39. The number of nitrogens with two attached hydrogens (primary N) is 1. The van der Waals surface area contributed by atoms with Crippen molar-refractivity contribution in [2.24, 2.45) is 11.7 Å². The summed E-state index contributed by atoms with van der Waals surface area (Å²) < 4.78 is 0. The van der Waals surface area contributed by atoms with Crippen molar-refractivity contribution in [3.8, 4) is 0 Å². The van der Waals surface area contributed by atoms with Crippen LogP contribution in [-0.2, 0) is 0 Å². The number of anilines is 1. The van der Waals surface area contributed by atoms with Crippen molar-refractivity contribution in [2.45, 2.75) is 6.42 Å². The summed E-state index contributed by atoms with van der Waals surface area (Å²) in [5, 5.41) is 0. The number of rotatable bonds is 2. The molecule has 2 rings (SSSR count). The molecule has 70 valence electrons. The van der Waals surface area contributed by atoms with Crippen molar-refractivity contribution in [3.63, 3.8) is 0 Å². The van der Waals surface area contributed by atoms with E-state index in [1.807, 2.05) is 6.07 Å². The minimum atomic E-state index is 0.615. The molecule has 1 fully saturated rings. The summed E-state index contributed by atoms with van der Waals surface area (Å²) in [5.74, 6) is 1.45. The Labute approximate surface area is 77.8 Å². The van der Waals surface area contributed by atoms with Crippen LogP contribution in [0.25, 0.3) is 0 Å². The fraction of sp³-hybridized carbons (Fsp3) is 0.556. The highest BCUT2D eigenvalue weighted by molar-refractivity contribution is 5.30. The Bertz CT molecular complexity index is 262. The van der Waals surface area contributed by atoms with Gasteiger partial charge in [0.05, 0.1) is 0 Å². The molecule has 0 radical (unpaired) electrons. The first-order valence-corrected chi connectivity index (χ1v) is 4.62. The van der Waals surface area contributed by atoms with Gasteiger partial charge in [-0.1, -0.05) is 0 Å². The quantitative estimate of drug-likeness (QED) is 0.706. The van der Waals surface area contributed by atoms with Crippen molar-refractivity contribution in [3.05, 3.63) is 18.5 Å². The highest BCUT2D eigenvalue weighted by Gasteiger charge is 2.22. The van der Waals surface area contributed by atoms with Crippen molar-refractivity contribution in [2.75, 3.05) is 24.5 Å². The maximum Gasteiger partial charge on any atom is 0.225 e. The van der Waals surface area contributed by atoms with E-state index >= 15 is 0 Å². The number of aromatic nitrogens is 2. The van der Waals surface area contributed by atoms with Crippen LogP contribution in [0.15, 0.2) is 18.5 Å². The van der Waals surface area contributed by atoms with Gasteiger partial charge in [-0.25, -0.2) is 9.97 Å². The van der Waals surface area contributed by atoms with Gasteiger partial charge in [0.15, 0.2) is 0 Å². The van der Waals surface area contributed by atoms with Crippen LogP contribution in [-0.4, -0.2) is 29.6 Å². The van der Waals surface area contributed by atoms with Gasteiger partial charge < -0.3 is 10.6 Å². The minimum Gasteiger partial charge on any atom is -0.340 e. The summed E-state index contributed by atoms with van der Waals surface area (Å²) in [6.07, 6.45) is 4.71. The predicted octanol–water partition coefficient (Wildman–Crippen LogP) is 0.262. The molecule has 1 atom stereocenters. The van der Waals surface area contributed by atoms with Gasteiger partial charge in [0.25, 0.3) is 0 Å². The number of hydrogen-bond donors (Lipinski definition) is 1. The lowest BCUT2D eigenvalue weighted by Crippen LogP contribution is -2.24. The highest BCUT2D eigenvalue weighted by Crippen LogP contribution is 2.18. The smallest absolute Gasteiger partial charge is 0.225 e. The molecule has 0 bridgehead atoms. The van der Waals surface area contributed by atoms with E-state index in [9.17, 15) is 0 Å². The fourth-order valence-electron chi connectivity index (χ4n) is 1.66. The maximum atomic E-state index is 5.61. The molecule has 0 aliphatic carbocycles. The van der Waals surface area contributed by atoms with Crippen molar-refractivity contribution >= 4 is 5.95 Å². The van der Waals surface area contributed by atoms with E-state index < -0.39 is 0 Å². The Hall–Kier alpha value is -1.16. The lowest BCUT2D eigenvalue weighted by atomic mass is 10.1. The van der Waals surface area contributed by atoms with E-state index in [0.29, 0.717) is 5.92 Å². The molecule has 4 heteroatoms. The Morgan fingerprint density at radius 2 is 2.23 bits per heavy atom. The maximum absolute atomic E-state index is 5.61. The Balaban J connectivity index is 2.04. The third-order valence-electron chi connectivity index (χ3n) is 2.45. The molecule has 1 aliphatic rings. The molecular weight excluding hydrogens is 164 g/mol. The molecular formula is C9H14N4. The van der Waals surface area contributed by atoms with Gasteiger partial charge in [-0.15, -0.1) is 0 Å². The van der Waals surface area contributed by atoms with E-state index in [4.69, 9.17) is 5.73 Å². The van der Waals surface area contributed by atoms with E-state index in [1.54, 1.807) is 12.4 Å². The van der Waals surface area contributed by atoms with Gasteiger partial charge >= 0.3 is 0 Å². The summed E-state index contributed by atoms with van der Waals surface area (Å²) in [7, 11) is 0. The average Bonchev–Trinajstić information content (AvgIpc) is 2.67. The van der Waals surface area contributed by atoms with Crippen LogP contribution >= 0.6 is 0 Å². The highest BCUT2D eigenvalue weighted by atomic mass is 15.3. The second kappa shape index (κ2) is 3.70. The zero-order valence-electron chi connectivity index (χ0n) is 7.56. The third-order valence-corrected chi connectivity index (χ3v) is 2.45. The van der Waals surface area contributed by atoms with Crippen LogP contribution < -0.4 is 10.6 Å². The fourth-order valence-corrected chi connectivity index (χ4v) is 1.66. The molecule has 1 aromatic rings. The molecule has 0 aromatic carbocycles. The number of hydrogen-bond acceptors (Lipinski definition) is 4. The summed E-state index contributed by atoms with van der Waals surface area (Å²) in [6, 6.07) is 1.83. The van der Waals surface area contributed by atoms with Gasteiger partial charge in [-0.2, -0.15) is 0 Å². The molecule has 1 aromatic heterocycles. The van der Waals surface area contributed by atoms with E-state index in [2.05, 4.69) is 14.9 Å². The lowest BCUT2D eigenvalue weighted by Gasteiger charge is -2.14. The van der Waals surface area contributed by atoms with E-state index in [1.165, 1.54) is 0 Å². The van der Waals surface area contributed by atoms with Crippen molar-refractivity contribution < 1.29 is 0 Å². The van der Waals surface area contributed by atoms with Crippen LogP contribution in [0.2, 0.25) is 0 Å². The van der Waals surface area contributed by atoms with E-state index in [-0.39, 0.29) is 0 Å². The first-order valence-electron chi connectivity index (χ1n) is 4.62. The Morgan fingerprint density at radius 1 is 1.46 bits per heavy atom. The molecule has 1 aliphatic heterocycles. The minimum absolute atomic E-state index is 0.615. The van der Waals surface area contributed by atoms with Gasteiger partial charge in [0.1, 0.15) is 0 Å².